The summed E-state index contributed by atoms with van der Waals surface area (Å²) in [6.45, 7) is 2.04. The number of carboxylic acid groups (broad SMARTS) is 2. The van der Waals surface area contributed by atoms with Gasteiger partial charge in [-0.15, -0.1) is 0 Å². The molecular formula is C14H17BrO6. The van der Waals surface area contributed by atoms with Gasteiger partial charge >= 0.3 is 11.9 Å². The summed E-state index contributed by atoms with van der Waals surface area (Å²) in [4.78, 5) is 22.2. The van der Waals surface area contributed by atoms with Gasteiger partial charge in [0.2, 0.25) is 0 Å². The molecule has 0 aromatic heterocycles. The van der Waals surface area contributed by atoms with E-state index in [0.717, 1.165) is 25.3 Å². The number of aliphatic hydroxyl groups excluding tert-OH is 1. The van der Waals surface area contributed by atoms with Crippen molar-refractivity contribution in [3.8, 4) is 5.75 Å². The highest BCUT2D eigenvalue weighted by molar-refractivity contribution is 9.10. The van der Waals surface area contributed by atoms with E-state index in [1.165, 1.54) is 6.07 Å². The molecule has 0 fully saturated rings. The molecule has 1 aromatic carbocycles. The molecule has 0 spiro atoms. The maximum Gasteiger partial charge on any atom is 0.337 e. The van der Waals surface area contributed by atoms with Crippen LogP contribution in [-0.2, 0) is 0 Å². The second-order valence-corrected chi connectivity index (χ2v) is 5.27. The summed E-state index contributed by atoms with van der Waals surface area (Å²) in [6.07, 6.45) is 2.11. The molecule has 0 saturated carbocycles. The number of aromatic carboxylic acids is 2. The zero-order valence-corrected chi connectivity index (χ0v) is 13.1. The number of ether oxygens (including phenoxy) is 1. The minimum atomic E-state index is -1.38. The van der Waals surface area contributed by atoms with Gasteiger partial charge in [0.1, 0.15) is 5.75 Å². The molecule has 7 heteroatoms. The Labute approximate surface area is 130 Å². The first-order valence-electron chi connectivity index (χ1n) is 6.52. The van der Waals surface area contributed by atoms with Crippen molar-refractivity contribution in [2.45, 2.75) is 38.9 Å². The smallest absolute Gasteiger partial charge is 0.337 e. The van der Waals surface area contributed by atoms with Crippen LogP contribution < -0.4 is 4.74 Å². The van der Waals surface area contributed by atoms with Crippen LogP contribution in [0.15, 0.2) is 16.6 Å². The number of carbonyl (C=O) groups is 2. The molecule has 0 aliphatic rings. The van der Waals surface area contributed by atoms with E-state index in [2.05, 4.69) is 15.9 Å². The number of carboxylic acids is 2. The lowest BCUT2D eigenvalue weighted by atomic mass is 10.1. The molecule has 0 saturated heterocycles. The first kappa shape index (κ1) is 17.5. The van der Waals surface area contributed by atoms with Crippen molar-refractivity contribution in [2.75, 3.05) is 0 Å². The van der Waals surface area contributed by atoms with E-state index >= 15 is 0 Å². The van der Waals surface area contributed by atoms with Gasteiger partial charge in [0.25, 0.3) is 0 Å². The fourth-order valence-electron chi connectivity index (χ4n) is 1.81. The Morgan fingerprint density at radius 3 is 2.43 bits per heavy atom. The summed E-state index contributed by atoms with van der Waals surface area (Å²) in [5.41, 5.74) is -0.747. The fourth-order valence-corrected chi connectivity index (χ4v) is 2.42. The van der Waals surface area contributed by atoms with Crippen LogP contribution in [0.2, 0.25) is 0 Å². The highest BCUT2D eigenvalue weighted by Gasteiger charge is 2.23. The van der Waals surface area contributed by atoms with E-state index in [4.69, 9.17) is 14.9 Å². The maximum atomic E-state index is 11.2. The Kier molecular flexibility index (Phi) is 6.64. The minimum Gasteiger partial charge on any atom is -0.478 e. The van der Waals surface area contributed by atoms with Gasteiger partial charge in [-0.05, 0) is 34.5 Å². The number of aliphatic hydroxyl groups is 1. The molecule has 0 aliphatic carbocycles. The number of hydrogen-bond donors (Lipinski definition) is 3. The summed E-state index contributed by atoms with van der Waals surface area (Å²) in [5, 5.41) is 27.9. The molecule has 0 aliphatic heterocycles. The number of rotatable bonds is 8. The van der Waals surface area contributed by atoms with E-state index < -0.39 is 23.8 Å². The van der Waals surface area contributed by atoms with E-state index in [1.807, 2.05) is 6.92 Å². The van der Waals surface area contributed by atoms with Crippen LogP contribution in [0.3, 0.4) is 0 Å². The van der Waals surface area contributed by atoms with Gasteiger partial charge in [-0.2, -0.15) is 0 Å². The Morgan fingerprint density at radius 1 is 1.24 bits per heavy atom. The highest BCUT2D eigenvalue weighted by Crippen LogP contribution is 2.32. The van der Waals surface area contributed by atoms with Gasteiger partial charge in [-0.25, -0.2) is 9.59 Å². The topological polar surface area (TPSA) is 104 Å². The van der Waals surface area contributed by atoms with Crippen molar-refractivity contribution >= 4 is 27.9 Å². The zero-order valence-electron chi connectivity index (χ0n) is 11.5. The van der Waals surface area contributed by atoms with Crippen molar-refractivity contribution in [2.24, 2.45) is 0 Å². The van der Waals surface area contributed by atoms with Crippen molar-refractivity contribution < 1.29 is 29.6 Å². The van der Waals surface area contributed by atoms with Crippen molar-refractivity contribution in [3.05, 3.63) is 27.7 Å². The van der Waals surface area contributed by atoms with Gasteiger partial charge in [0.05, 0.1) is 15.6 Å². The molecular weight excluding hydrogens is 344 g/mol. The third-order valence-electron chi connectivity index (χ3n) is 2.87. The van der Waals surface area contributed by atoms with Gasteiger partial charge < -0.3 is 20.1 Å². The molecule has 0 radical (unpaired) electrons. The second-order valence-electron chi connectivity index (χ2n) is 4.48. The van der Waals surface area contributed by atoms with Crippen LogP contribution in [0.1, 0.15) is 53.3 Å². The van der Waals surface area contributed by atoms with E-state index in [0.29, 0.717) is 6.42 Å². The Balaban J connectivity index is 2.97. The quantitative estimate of drug-likeness (QED) is 0.486. The molecule has 6 nitrogen and oxygen atoms in total. The molecule has 1 unspecified atom stereocenters. The molecule has 0 amide bonds. The number of benzene rings is 1. The number of unbranched alkanes of at least 4 members (excludes halogenated alkanes) is 2. The standard InChI is InChI=1S/C14H17BrO6/c1-2-3-4-5-10(16)21-9-7-6-8(13(17)18)11(12(9)15)14(19)20/h6-7,10,16H,2-5H2,1H3,(H,17,18)(H,19,20). The first-order chi connectivity index (χ1) is 9.88. The Bertz CT molecular complexity index is 528. The SMILES string of the molecule is CCCCCC(O)Oc1ccc(C(=O)O)c(C(=O)O)c1Br. The summed E-state index contributed by atoms with van der Waals surface area (Å²) in [6, 6.07) is 2.47. The maximum absolute atomic E-state index is 11.2. The van der Waals surface area contributed by atoms with Crippen molar-refractivity contribution in [3.63, 3.8) is 0 Å². The van der Waals surface area contributed by atoms with Gasteiger partial charge in [-0.1, -0.05) is 19.8 Å². The number of hydrogen-bond acceptors (Lipinski definition) is 4. The summed E-state index contributed by atoms with van der Waals surface area (Å²) < 4.78 is 5.27. The van der Waals surface area contributed by atoms with E-state index in [9.17, 15) is 14.7 Å². The normalized spacial score (nSPS) is 12.0. The van der Waals surface area contributed by atoms with Crippen molar-refractivity contribution in [1.82, 2.24) is 0 Å². The highest BCUT2D eigenvalue weighted by atomic mass is 79.9. The van der Waals surface area contributed by atoms with Crippen LogP contribution in [-0.4, -0.2) is 33.5 Å². The molecule has 1 atom stereocenters. The third-order valence-corrected chi connectivity index (χ3v) is 3.66. The fraction of sp³-hybridized carbons (Fsp3) is 0.429. The summed E-state index contributed by atoms with van der Waals surface area (Å²) in [7, 11) is 0. The second kappa shape index (κ2) is 7.99. The van der Waals surface area contributed by atoms with Gasteiger partial charge in [-0.3, -0.25) is 0 Å². The monoisotopic (exact) mass is 360 g/mol. The average Bonchev–Trinajstić information content (AvgIpc) is 2.40. The average molecular weight is 361 g/mol. The summed E-state index contributed by atoms with van der Waals surface area (Å²) >= 11 is 3.03. The first-order valence-corrected chi connectivity index (χ1v) is 7.31. The summed E-state index contributed by atoms with van der Waals surface area (Å²) in [5.74, 6) is -2.63. The van der Waals surface area contributed by atoms with E-state index in [-0.39, 0.29) is 15.8 Å². The molecule has 0 heterocycles. The van der Waals surface area contributed by atoms with Gasteiger partial charge in [0.15, 0.2) is 6.29 Å². The molecule has 116 valence electrons. The lowest BCUT2D eigenvalue weighted by Gasteiger charge is -2.16. The lowest BCUT2D eigenvalue weighted by Crippen LogP contribution is -2.17. The predicted molar refractivity (Wildman–Crippen MR) is 78.8 cm³/mol. The minimum absolute atomic E-state index is 0.00411. The molecule has 3 N–H and O–H groups in total. The van der Waals surface area contributed by atoms with Crippen LogP contribution in [0.4, 0.5) is 0 Å². The Morgan fingerprint density at radius 2 is 1.90 bits per heavy atom. The van der Waals surface area contributed by atoms with Crippen LogP contribution >= 0.6 is 15.9 Å². The predicted octanol–water partition coefficient (Wildman–Crippen LogP) is 3.12. The largest absolute Gasteiger partial charge is 0.478 e. The third kappa shape index (κ3) is 4.71. The van der Waals surface area contributed by atoms with Crippen LogP contribution in [0, 0.1) is 0 Å². The zero-order chi connectivity index (χ0) is 16.0. The molecule has 1 rings (SSSR count). The van der Waals surface area contributed by atoms with Crippen LogP contribution in [0.25, 0.3) is 0 Å². The van der Waals surface area contributed by atoms with E-state index in [1.54, 1.807) is 0 Å². The lowest BCUT2D eigenvalue weighted by molar-refractivity contribution is -0.0251. The molecule has 0 bridgehead atoms. The van der Waals surface area contributed by atoms with Gasteiger partial charge in [0, 0.05) is 6.42 Å². The van der Waals surface area contributed by atoms with Crippen molar-refractivity contribution in [1.29, 1.82) is 0 Å². The molecule has 21 heavy (non-hydrogen) atoms. The Hall–Kier alpha value is -1.60. The van der Waals surface area contributed by atoms with Crippen LogP contribution in [0.5, 0.6) is 5.75 Å². The number of halogens is 1. The molecule has 1 aromatic rings.